The van der Waals surface area contributed by atoms with Gasteiger partial charge in [0, 0.05) is 23.5 Å². The number of carbonyl (C=O) groups is 5. The summed E-state index contributed by atoms with van der Waals surface area (Å²) in [7, 11) is 0. The van der Waals surface area contributed by atoms with E-state index in [-0.39, 0.29) is 12.8 Å². The molecule has 0 aliphatic heterocycles. The number of amides is 4. The van der Waals surface area contributed by atoms with Gasteiger partial charge in [0.25, 0.3) is 0 Å². The fraction of sp³-hybridized carbons (Fsp3) is 0.458. The van der Waals surface area contributed by atoms with Gasteiger partial charge in [-0.1, -0.05) is 18.2 Å². The van der Waals surface area contributed by atoms with Gasteiger partial charge in [-0.15, -0.1) is 0 Å². The zero-order valence-corrected chi connectivity index (χ0v) is 20.7. The lowest BCUT2D eigenvalue weighted by Crippen LogP contribution is -2.56. The third-order valence-corrected chi connectivity index (χ3v) is 5.80. The second-order valence-corrected chi connectivity index (χ2v) is 8.82. The number of carbonyl (C=O) groups excluding carboxylic acids is 4. The zero-order chi connectivity index (χ0) is 27.5. The fourth-order valence-corrected chi connectivity index (χ4v) is 3.75. The SMILES string of the molecule is CC(NC(=O)C(N)CC(N)=O)C(=O)NC(CCCCN)C(=O)NC(Cc1c[nH]c2ccccc12)C(=O)O. The number of unbranched alkanes of at least 4 members (excludes halogenated alkanes) is 1. The molecule has 0 saturated carbocycles. The van der Waals surface area contributed by atoms with Crippen LogP contribution in [0.3, 0.4) is 0 Å². The molecule has 0 radical (unpaired) electrons. The topological polar surface area (TPSA) is 236 Å². The van der Waals surface area contributed by atoms with Gasteiger partial charge in [-0.25, -0.2) is 4.79 Å². The maximum absolute atomic E-state index is 13.1. The first kappa shape index (κ1) is 29.3. The van der Waals surface area contributed by atoms with Crippen LogP contribution >= 0.6 is 0 Å². The molecular formula is C24H35N7O6. The van der Waals surface area contributed by atoms with Crippen LogP contribution in [-0.2, 0) is 30.4 Å². The van der Waals surface area contributed by atoms with E-state index in [1.165, 1.54) is 6.92 Å². The monoisotopic (exact) mass is 517 g/mol. The summed E-state index contributed by atoms with van der Waals surface area (Å²) < 4.78 is 0. The molecule has 13 heteroatoms. The molecule has 1 aromatic heterocycles. The molecule has 4 amide bonds. The summed E-state index contributed by atoms with van der Waals surface area (Å²) in [4.78, 5) is 63.9. The summed E-state index contributed by atoms with van der Waals surface area (Å²) in [6, 6.07) is 2.77. The van der Waals surface area contributed by atoms with E-state index in [0.717, 1.165) is 16.5 Å². The molecule has 0 aliphatic carbocycles. The van der Waals surface area contributed by atoms with Crippen LogP contribution < -0.4 is 33.2 Å². The zero-order valence-electron chi connectivity index (χ0n) is 20.7. The minimum absolute atomic E-state index is 0.0266. The first-order valence-corrected chi connectivity index (χ1v) is 12.0. The van der Waals surface area contributed by atoms with Gasteiger partial charge in [-0.3, -0.25) is 19.2 Å². The molecule has 4 atom stereocenters. The molecule has 0 aliphatic rings. The van der Waals surface area contributed by atoms with Crippen LogP contribution in [0.15, 0.2) is 30.5 Å². The summed E-state index contributed by atoms with van der Waals surface area (Å²) in [6.45, 7) is 1.76. The average Bonchev–Trinajstić information content (AvgIpc) is 3.25. The van der Waals surface area contributed by atoms with Crippen LogP contribution in [0.4, 0.5) is 0 Å². The number of hydrogen-bond donors (Lipinski definition) is 8. The molecule has 2 aromatic rings. The smallest absolute Gasteiger partial charge is 0.326 e. The number of carboxylic acid groups (broad SMARTS) is 1. The number of primary amides is 1. The summed E-state index contributed by atoms with van der Waals surface area (Å²) >= 11 is 0. The molecule has 0 spiro atoms. The second kappa shape index (κ2) is 13.9. The van der Waals surface area contributed by atoms with Gasteiger partial charge in [-0.05, 0) is 44.4 Å². The quantitative estimate of drug-likeness (QED) is 0.130. The number of aliphatic carboxylic acids is 1. The third kappa shape index (κ3) is 8.88. The lowest BCUT2D eigenvalue weighted by Gasteiger charge is -2.24. The largest absolute Gasteiger partial charge is 0.480 e. The van der Waals surface area contributed by atoms with Crippen molar-refractivity contribution in [1.82, 2.24) is 20.9 Å². The van der Waals surface area contributed by atoms with Crippen molar-refractivity contribution >= 4 is 40.5 Å². The van der Waals surface area contributed by atoms with Crippen LogP contribution in [-0.4, -0.2) is 70.4 Å². The van der Waals surface area contributed by atoms with Crippen LogP contribution in [0.25, 0.3) is 10.9 Å². The van der Waals surface area contributed by atoms with Crippen LogP contribution in [0.2, 0.25) is 0 Å². The summed E-state index contributed by atoms with van der Waals surface area (Å²) in [5.74, 6) is -4.11. The Morgan fingerprint density at radius 1 is 0.973 bits per heavy atom. The number of fused-ring (bicyclic) bond motifs is 1. The first-order valence-electron chi connectivity index (χ1n) is 12.0. The molecule has 13 nitrogen and oxygen atoms in total. The number of H-pyrrole nitrogens is 1. The summed E-state index contributed by atoms with van der Waals surface area (Å²) in [6.07, 6.45) is 2.62. The molecule has 1 aromatic carbocycles. The highest BCUT2D eigenvalue weighted by molar-refractivity contribution is 5.95. The van der Waals surface area contributed by atoms with Crippen molar-refractivity contribution in [2.45, 2.75) is 63.2 Å². The van der Waals surface area contributed by atoms with E-state index in [0.29, 0.717) is 19.4 Å². The van der Waals surface area contributed by atoms with E-state index in [9.17, 15) is 29.1 Å². The maximum Gasteiger partial charge on any atom is 0.326 e. The highest BCUT2D eigenvalue weighted by atomic mass is 16.4. The number of benzene rings is 1. The molecule has 0 fully saturated rings. The Balaban J connectivity index is 2.08. The lowest BCUT2D eigenvalue weighted by molar-refractivity contribution is -0.142. The lowest BCUT2D eigenvalue weighted by atomic mass is 10.0. The van der Waals surface area contributed by atoms with E-state index in [1.807, 2.05) is 24.3 Å². The second-order valence-electron chi connectivity index (χ2n) is 8.82. The predicted octanol–water partition coefficient (Wildman–Crippen LogP) is -1.40. The van der Waals surface area contributed by atoms with Crippen LogP contribution in [0.1, 0.15) is 38.2 Å². The van der Waals surface area contributed by atoms with Crippen molar-refractivity contribution in [2.75, 3.05) is 6.54 Å². The minimum Gasteiger partial charge on any atom is -0.480 e. The molecule has 2 rings (SSSR count). The van der Waals surface area contributed by atoms with E-state index in [4.69, 9.17) is 17.2 Å². The Hall–Kier alpha value is -3.97. The molecule has 4 unspecified atom stereocenters. The third-order valence-electron chi connectivity index (χ3n) is 5.80. The van der Waals surface area contributed by atoms with Crippen LogP contribution in [0, 0.1) is 0 Å². The minimum atomic E-state index is -1.25. The van der Waals surface area contributed by atoms with Gasteiger partial charge >= 0.3 is 5.97 Å². The Morgan fingerprint density at radius 2 is 1.65 bits per heavy atom. The van der Waals surface area contributed by atoms with Crippen molar-refractivity contribution in [3.63, 3.8) is 0 Å². The van der Waals surface area contributed by atoms with Gasteiger partial charge in [0.1, 0.15) is 18.1 Å². The van der Waals surface area contributed by atoms with Gasteiger partial charge in [0.05, 0.1) is 12.5 Å². The number of nitrogens with two attached hydrogens (primary N) is 3. The van der Waals surface area contributed by atoms with Crippen LogP contribution in [0.5, 0.6) is 0 Å². The molecule has 0 saturated heterocycles. The average molecular weight is 518 g/mol. The van der Waals surface area contributed by atoms with Gasteiger partial charge in [0.15, 0.2) is 0 Å². The number of aromatic amines is 1. The molecule has 37 heavy (non-hydrogen) atoms. The molecule has 0 bridgehead atoms. The normalized spacial score (nSPS) is 14.2. The number of aromatic nitrogens is 1. The van der Waals surface area contributed by atoms with Crippen molar-refractivity contribution in [1.29, 1.82) is 0 Å². The van der Waals surface area contributed by atoms with Crippen molar-refractivity contribution in [3.05, 3.63) is 36.0 Å². The molecule has 11 N–H and O–H groups in total. The molecular weight excluding hydrogens is 482 g/mol. The highest BCUT2D eigenvalue weighted by Gasteiger charge is 2.29. The Morgan fingerprint density at radius 3 is 2.30 bits per heavy atom. The summed E-state index contributed by atoms with van der Waals surface area (Å²) in [5.41, 5.74) is 17.7. The van der Waals surface area contributed by atoms with Crippen molar-refractivity contribution < 1.29 is 29.1 Å². The number of para-hydroxylation sites is 1. The van der Waals surface area contributed by atoms with Crippen molar-refractivity contribution in [3.8, 4) is 0 Å². The molecule has 202 valence electrons. The number of carboxylic acids is 1. The number of rotatable bonds is 15. The van der Waals surface area contributed by atoms with Crippen molar-refractivity contribution in [2.24, 2.45) is 17.2 Å². The number of hydrogen-bond acceptors (Lipinski definition) is 7. The van der Waals surface area contributed by atoms with E-state index in [2.05, 4.69) is 20.9 Å². The highest BCUT2D eigenvalue weighted by Crippen LogP contribution is 2.19. The maximum atomic E-state index is 13.1. The van der Waals surface area contributed by atoms with E-state index < -0.39 is 60.2 Å². The molecule has 1 heterocycles. The van der Waals surface area contributed by atoms with Gasteiger partial charge in [-0.2, -0.15) is 0 Å². The fourth-order valence-electron chi connectivity index (χ4n) is 3.75. The standard InChI is InChI=1S/C24H35N7O6/c1-13(29-22(34)16(26)11-20(27)32)21(33)30-18(8-4-5-9-25)23(35)31-19(24(36)37)10-14-12-28-17-7-3-2-6-15(14)17/h2-3,6-7,12-13,16,18-19,28H,4-5,8-11,25-26H2,1H3,(H2,27,32)(H,29,34)(H,30,33)(H,31,35)(H,36,37). The summed E-state index contributed by atoms with van der Waals surface area (Å²) in [5, 5.41) is 18.0. The Labute approximate surface area is 213 Å². The Kier molecular flexibility index (Phi) is 11.0. The first-order chi connectivity index (χ1) is 17.5. The predicted molar refractivity (Wildman–Crippen MR) is 136 cm³/mol. The van der Waals surface area contributed by atoms with Gasteiger partial charge in [0.2, 0.25) is 23.6 Å². The Bertz CT molecular complexity index is 1120. The number of nitrogens with one attached hydrogen (secondary N) is 4. The van der Waals surface area contributed by atoms with E-state index >= 15 is 0 Å². The van der Waals surface area contributed by atoms with Gasteiger partial charge < -0.3 is 43.2 Å². The van der Waals surface area contributed by atoms with E-state index in [1.54, 1.807) is 6.20 Å².